The van der Waals surface area contributed by atoms with Crippen molar-refractivity contribution in [3.8, 4) is 6.07 Å². The second-order valence-corrected chi connectivity index (χ2v) is 3.98. The van der Waals surface area contributed by atoms with E-state index in [-0.39, 0.29) is 5.91 Å². The van der Waals surface area contributed by atoms with E-state index >= 15 is 0 Å². The molecule has 5 heteroatoms. The van der Waals surface area contributed by atoms with E-state index in [1.54, 1.807) is 12.1 Å². The predicted molar refractivity (Wildman–Crippen MR) is 65.4 cm³/mol. The van der Waals surface area contributed by atoms with Crippen LogP contribution >= 0.6 is 0 Å². The van der Waals surface area contributed by atoms with Crippen LogP contribution in [-0.4, -0.2) is 25.5 Å². The highest BCUT2D eigenvalue weighted by Crippen LogP contribution is 2.26. The van der Waals surface area contributed by atoms with Crippen LogP contribution in [0.2, 0.25) is 0 Å². The highest BCUT2D eigenvalue weighted by Gasteiger charge is 2.17. The third kappa shape index (κ3) is 2.31. The Morgan fingerprint density at radius 3 is 3.06 bits per heavy atom. The second kappa shape index (κ2) is 4.74. The summed E-state index contributed by atoms with van der Waals surface area (Å²) >= 11 is 0. The molecule has 1 saturated heterocycles. The van der Waals surface area contributed by atoms with Crippen molar-refractivity contribution in [2.24, 2.45) is 0 Å². The van der Waals surface area contributed by atoms with E-state index in [9.17, 15) is 4.79 Å². The Morgan fingerprint density at radius 1 is 1.47 bits per heavy atom. The molecule has 0 aliphatic carbocycles. The Labute approximate surface area is 99.8 Å². The number of nitrogens with two attached hydrogens (primary N) is 1. The van der Waals surface area contributed by atoms with E-state index in [0.717, 1.165) is 18.7 Å². The molecule has 1 heterocycles. The summed E-state index contributed by atoms with van der Waals surface area (Å²) < 4.78 is 0. The molecule has 3 N–H and O–H groups in total. The lowest BCUT2D eigenvalue weighted by Crippen LogP contribution is -2.33. The van der Waals surface area contributed by atoms with Gasteiger partial charge >= 0.3 is 0 Å². The van der Waals surface area contributed by atoms with E-state index in [4.69, 9.17) is 11.0 Å². The first-order valence-corrected chi connectivity index (χ1v) is 5.52. The molecule has 1 aromatic carbocycles. The van der Waals surface area contributed by atoms with Crippen molar-refractivity contribution in [2.45, 2.75) is 6.42 Å². The Bertz CT molecular complexity index is 478. The highest BCUT2D eigenvalue weighted by atomic mass is 16.2. The molecule has 1 fully saturated rings. The maximum atomic E-state index is 11.5. The lowest BCUT2D eigenvalue weighted by Gasteiger charge is -2.23. The van der Waals surface area contributed by atoms with E-state index < -0.39 is 0 Å². The van der Waals surface area contributed by atoms with Crippen LogP contribution in [0.25, 0.3) is 0 Å². The average molecular weight is 230 g/mol. The van der Waals surface area contributed by atoms with E-state index in [1.807, 2.05) is 17.0 Å². The number of carbonyl (C=O) groups excluding carboxylic acids is 1. The van der Waals surface area contributed by atoms with Crippen molar-refractivity contribution in [1.82, 2.24) is 5.32 Å². The van der Waals surface area contributed by atoms with Crippen LogP contribution in [0, 0.1) is 11.3 Å². The molecule has 17 heavy (non-hydrogen) atoms. The average Bonchev–Trinajstić information content (AvgIpc) is 2.54. The lowest BCUT2D eigenvalue weighted by molar-refractivity contribution is -0.119. The van der Waals surface area contributed by atoms with Crippen LogP contribution in [0.3, 0.4) is 0 Å². The van der Waals surface area contributed by atoms with E-state index in [2.05, 4.69) is 5.32 Å². The molecule has 0 unspecified atom stereocenters. The minimum Gasteiger partial charge on any atom is -0.396 e. The highest BCUT2D eigenvalue weighted by molar-refractivity contribution is 5.84. The van der Waals surface area contributed by atoms with Gasteiger partial charge in [-0.25, -0.2) is 0 Å². The third-order valence-electron chi connectivity index (χ3n) is 2.81. The summed E-state index contributed by atoms with van der Waals surface area (Å²) in [6, 6.07) is 7.35. The Balaban J connectivity index is 2.33. The monoisotopic (exact) mass is 230 g/mol. The molecule has 1 aromatic rings. The molecule has 0 atom stereocenters. The van der Waals surface area contributed by atoms with Crippen LogP contribution in [0.5, 0.6) is 0 Å². The molecule has 1 aliphatic heterocycles. The molecule has 0 radical (unpaired) electrons. The topological polar surface area (TPSA) is 82.2 Å². The normalized spacial score (nSPS) is 15.9. The Kier molecular flexibility index (Phi) is 3.15. The van der Waals surface area contributed by atoms with Gasteiger partial charge in [-0.3, -0.25) is 4.79 Å². The number of nitriles is 1. The summed E-state index contributed by atoms with van der Waals surface area (Å²) in [7, 11) is 0. The van der Waals surface area contributed by atoms with Gasteiger partial charge < -0.3 is 16.0 Å². The molecule has 1 amide bonds. The standard InChI is InChI=1S/C12H14N4O/c13-7-9-3-1-4-10(12(9)14)16-6-2-5-15-11(17)8-16/h1,3-4H,2,5-6,8,14H2,(H,15,17). The minimum absolute atomic E-state index is 0.00994. The van der Waals surface area contributed by atoms with Gasteiger partial charge in [-0.2, -0.15) is 5.26 Å². The number of rotatable bonds is 1. The number of carbonyl (C=O) groups is 1. The Hall–Kier alpha value is -2.22. The van der Waals surface area contributed by atoms with Crippen molar-refractivity contribution >= 4 is 17.3 Å². The van der Waals surface area contributed by atoms with Crippen LogP contribution in [0.4, 0.5) is 11.4 Å². The maximum absolute atomic E-state index is 11.5. The summed E-state index contributed by atoms with van der Waals surface area (Å²) in [6.07, 6.45) is 0.877. The molecule has 1 aliphatic rings. The molecule has 5 nitrogen and oxygen atoms in total. The quantitative estimate of drug-likeness (QED) is 0.687. The number of hydrogen-bond donors (Lipinski definition) is 2. The number of nitrogens with one attached hydrogen (secondary N) is 1. The molecule has 0 aromatic heterocycles. The van der Waals surface area contributed by atoms with E-state index in [1.165, 1.54) is 0 Å². The summed E-state index contributed by atoms with van der Waals surface area (Å²) in [6.45, 7) is 1.74. The number of nitrogen functional groups attached to an aromatic ring is 1. The van der Waals surface area contributed by atoms with E-state index in [0.29, 0.717) is 24.3 Å². The number of benzene rings is 1. The van der Waals surface area contributed by atoms with Crippen LogP contribution in [0.1, 0.15) is 12.0 Å². The fourth-order valence-electron chi connectivity index (χ4n) is 1.94. The summed E-state index contributed by atoms with van der Waals surface area (Å²) in [4.78, 5) is 13.4. The van der Waals surface area contributed by atoms with Crippen LogP contribution in [-0.2, 0) is 4.79 Å². The molecule has 0 spiro atoms. The molecular weight excluding hydrogens is 216 g/mol. The van der Waals surface area contributed by atoms with Crippen LogP contribution in [0.15, 0.2) is 18.2 Å². The van der Waals surface area contributed by atoms with Crippen molar-refractivity contribution in [3.63, 3.8) is 0 Å². The van der Waals surface area contributed by atoms with Gasteiger partial charge in [0.05, 0.1) is 23.5 Å². The van der Waals surface area contributed by atoms with Crippen molar-refractivity contribution in [1.29, 1.82) is 5.26 Å². The summed E-state index contributed by atoms with van der Waals surface area (Å²) in [5, 5.41) is 11.7. The third-order valence-corrected chi connectivity index (χ3v) is 2.81. The van der Waals surface area contributed by atoms with Crippen molar-refractivity contribution < 1.29 is 4.79 Å². The zero-order valence-electron chi connectivity index (χ0n) is 9.44. The van der Waals surface area contributed by atoms with Gasteiger partial charge in [-0.05, 0) is 18.6 Å². The van der Waals surface area contributed by atoms with Gasteiger partial charge in [0.15, 0.2) is 0 Å². The number of nitrogens with zero attached hydrogens (tertiary/aromatic N) is 2. The SMILES string of the molecule is N#Cc1cccc(N2CCCNC(=O)C2)c1N. The van der Waals surface area contributed by atoms with Crippen molar-refractivity contribution in [2.75, 3.05) is 30.3 Å². The Morgan fingerprint density at radius 2 is 2.29 bits per heavy atom. The number of amides is 1. The minimum atomic E-state index is -0.00994. The summed E-state index contributed by atoms with van der Waals surface area (Å²) in [5.41, 5.74) is 7.59. The predicted octanol–water partition coefficient (Wildman–Crippen LogP) is 0.467. The fourth-order valence-corrected chi connectivity index (χ4v) is 1.94. The number of para-hydroxylation sites is 1. The van der Waals surface area contributed by atoms with Gasteiger partial charge in [0.25, 0.3) is 0 Å². The first-order valence-electron chi connectivity index (χ1n) is 5.52. The van der Waals surface area contributed by atoms with Gasteiger partial charge in [-0.15, -0.1) is 0 Å². The molecular formula is C12H14N4O. The van der Waals surface area contributed by atoms with Gasteiger partial charge in [0.1, 0.15) is 6.07 Å². The first kappa shape index (κ1) is 11.3. The first-order chi connectivity index (χ1) is 8.22. The molecule has 0 bridgehead atoms. The van der Waals surface area contributed by atoms with Gasteiger partial charge in [-0.1, -0.05) is 6.07 Å². The zero-order chi connectivity index (χ0) is 12.3. The van der Waals surface area contributed by atoms with Crippen LogP contribution < -0.4 is 16.0 Å². The summed E-state index contributed by atoms with van der Waals surface area (Å²) in [5.74, 6) is -0.00994. The molecule has 2 rings (SSSR count). The van der Waals surface area contributed by atoms with Crippen molar-refractivity contribution in [3.05, 3.63) is 23.8 Å². The largest absolute Gasteiger partial charge is 0.396 e. The number of hydrogen-bond acceptors (Lipinski definition) is 4. The molecule has 88 valence electrons. The smallest absolute Gasteiger partial charge is 0.239 e. The van der Waals surface area contributed by atoms with Gasteiger partial charge in [0.2, 0.25) is 5.91 Å². The number of anilines is 2. The fraction of sp³-hybridized carbons (Fsp3) is 0.333. The lowest BCUT2D eigenvalue weighted by atomic mass is 10.1. The maximum Gasteiger partial charge on any atom is 0.239 e. The second-order valence-electron chi connectivity index (χ2n) is 3.98. The van der Waals surface area contributed by atoms with Gasteiger partial charge in [0, 0.05) is 13.1 Å². The zero-order valence-corrected chi connectivity index (χ0v) is 9.44. The molecule has 0 saturated carbocycles.